The Balaban J connectivity index is 1.59. The predicted octanol–water partition coefficient (Wildman–Crippen LogP) is 7.69. The molecule has 3 N–H and O–H groups in total. The lowest BCUT2D eigenvalue weighted by Crippen LogP contribution is -2.12. The Morgan fingerprint density at radius 3 is 2.50 bits per heavy atom. The number of aryl methyl sites for hydroxylation is 2. The lowest BCUT2D eigenvalue weighted by molar-refractivity contribution is -0.112. The van der Waals surface area contributed by atoms with Crippen molar-refractivity contribution < 1.29 is 9.53 Å². The van der Waals surface area contributed by atoms with E-state index in [1.807, 2.05) is 56.3 Å². The minimum absolute atomic E-state index is 0.204. The maximum atomic E-state index is 12.2. The van der Waals surface area contributed by atoms with Gasteiger partial charge < -0.3 is 15.8 Å². The first-order valence-electron chi connectivity index (χ1n) is 11.7. The number of nitrogens with two attached hydrogens (primary N) is 1. The summed E-state index contributed by atoms with van der Waals surface area (Å²) in [5.74, 6) is 0.877. The molecule has 5 rings (SSSR count). The molecule has 0 bridgehead atoms. The molecule has 0 atom stereocenters. The molecule has 1 amide bonds. The van der Waals surface area contributed by atoms with Crippen LogP contribution < -0.4 is 15.8 Å². The number of carbonyl (C=O) groups is 1. The largest absolute Gasteiger partial charge is 0.424 e. The molecule has 5 aromatic rings. The van der Waals surface area contributed by atoms with E-state index in [0.29, 0.717) is 23.2 Å². The number of amides is 1. The smallest absolute Gasteiger partial charge is 0.322 e. The molecule has 2 aromatic carbocycles. The van der Waals surface area contributed by atoms with Crippen LogP contribution in [-0.2, 0) is 4.79 Å². The van der Waals surface area contributed by atoms with Crippen LogP contribution in [0.25, 0.3) is 31.7 Å². The van der Waals surface area contributed by atoms with E-state index in [1.54, 1.807) is 30.7 Å². The first-order valence-corrected chi connectivity index (χ1v) is 13.3. The average Bonchev–Trinajstić information content (AvgIpc) is 3.30. The van der Waals surface area contributed by atoms with Crippen molar-refractivity contribution in [2.45, 2.75) is 20.8 Å². The second-order valence-corrected chi connectivity index (χ2v) is 10.7. The van der Waals surface area contributed by atoms with E-state index in [0.717, 1.165) is 53.1 Å². The standard InChI is InChI=1S/C29H24BrN5O2S/c1-15(2)28(36)35-22-10-7-19(13-16(22)3)25-23(24-26(38-25)21(30)14-33-27(24)31)18-5-8-20(9-6-18)37-29-32-12-11-17(4)34-29/h5-14H,1H2,2-4H3,(H2,31,33)(H,35,36). The molecule has 38 heavy (non-hydrogen) atoms. The van der Waals surface area contributed by atoms with Gasteiger partial charge in [-0.3, -0.25) is 4.79 Å². The Bertz CT molecular complexity index is 1710. The van der Waals surface area contributed by atoms with Crippen molar-refractivity contribution in [2.75, 3.05) is 11.1 Å². The summed E-state index contributed by atoms with van der Waals surface area (Å²) in [7, 11) is 0. The van der Waals surface area contributed by atoms with Crippen molar-refractivity contribution in [1.82, 2.24) is 15.0 Å². The highest BCUT2D eigenvalue weighted by Crippen LogP contribution is 2.49. The number of carbonyl (C=O) groups excluding carboxylic acids is 1. The average molecular weight is 587 g/mol. The van der Waals surface area contributed by atoms with Crippen LogP contribution in [0.4, 0.5) is 11.5 Å². The summed E-state index contributed by atoms with van der Waals surface area (Å²) >= 11 is 5.28. The van der Waals surface area contributed by atoms with Crippen LogP contribution in [0.1, 0.15) is 18.2 Å². The van der Waals surface area contributed by atoms with Crippen molar-refractivity contribution >= 4 is 54.8 Å². The zero-order chi connectivity index (χ0) is 27.0. The molecule has 190 valence electrons. The number of nitrogen functional groups attached to an aromatic ring is 1. The predicted molar refractivity (Wildman–Crippen MR) is 158 cm³/mol. The van der Waals surface area contributed by atoms with Crippen molar-refractivity contribution in [2.24, 2.45) is 0 Å². The van der Waals surface area contributed by atoms with Gasteiger partial charge in [-0.05, 0) is 83.7 Å². The quantitative estimate of drug-likeness (QED) is 0.198. The third kappa shape index (κ3) is 5.03. The van der Waals surface area contributed by atoms with Gasteiger partial charge in [-0.25, -0.2) is 15.0 Å². The number of anilines is 2. The zero-order valence-electron chi connectivity index (χ0n) is 21.0. The summed E-state index contributed by atoms with van der Waals surface area (Å²) in [4.78, 5) is 26.1. The van der Waals surface area contributed by atoms with Crippen LogP contribution >= 0.6 is 27.3 Å². The number of nitrogens with one attached hydrogen (secondary N) is 1. The number of nitrogens with zero attached hydrogens (tertiary/aromatic N) is 3. The van der Waals surface area contributed by atoms with Gasteiger partial charge in [0.2, 0.25) is 0 Å². The third-order valence-electron chi connectivity index (χ3n) is 5.95. The van der Waals surface area contributed by atoms with E-state index in [4.69, 9.17) is 10.5 Å². The highest BCUT2D eigenvalue weighted by atomic mass is 79.9. The van der Waals surface area contributed by atoms with Gasteiger partial charge in [0, 0.05) is 45.2 Å². The highest BCUT2D eigenvalue weighted by Gasteiger charge is 2.21. The maximum Gasteiger partial charge on any atom is 0.322 e. The summed E-state index contributed by atoms with van der Waals surface area (Å²) in [6, 6.07) is 15.8. The Morgan fingerprint density at radius 1 is 1.08 bits per heavy atom. The maximum absolute atomic E-state index is 12.2. The fraction of sp³-hybridized carbons (Fsp3) is 0.103. The topological polar surface area (TPSA) is 103 Å². The van der Waals surface area contributed by atoms with Crippen LogP contribution in [0.2, 0.25) is 0 Å². The second-order valence-electron chi connectivity index (χ2n) is 8.87. The van der Waals surface area contributed by atoms with Crippen molar-refractivity contribution in [3.05, 3.63) is 88.8 Å². The normalized spacial score (nSPS) is 10.9. The Morgan fingerprint density at radius 2 is 1.82 bits per heavy atom. The molecule has 0 aliphatic heterocycles. The number of aromatic nitrogens is 3. The van der Waals surface area contributed by atoms with Crippen molar-refractivity contribution in [3.8, 4) is 33.3 Å². The van der Waals surface area contributed by atoms with Gasteiger partial charge in [0.05, 0.1) is 9.17 Å². The van der Waals surface area contributed by atoms with E-state index in [2.05, 4.69) is 48.8 Å². The van der Waals surface area contributed by atoms with E-state index < -0.39 is 0 Å². The monoisotopic (exact) mass is 585 g/mol. The molecule has 0 saturated heterocycles. The van der Waals surface area contributed by atoms with Gasteiger partial charge in [0.15, 0.2) is 0 Å². The Labute approximate surface area is 232 Å². The molecule has 0 unspecified atom stereocenters. The fourth-order valence-corrected chi connectivity index (χ4v) is 5.79. The molecule has 3 heterocycles. The summed E-state index contributed by atoms with van der Waals surface area (Å²) in [6.07, 6.45) is 3.39. The van der Waals surface area contributed by atoms with E-state index in [-0.39, 0.29) is 5.91 Å². The van der Waals surface area contributed by atoms with Crippen LogP contribution in [0.3, 0.4) is 0 Å². The number of rotatable bonds is 6. The minimum atomic E-state index is -0.204. The first-order chi connectivity index (χ1) is 18.2. The molecule has 0 radical (unpaired) electrons. The van der Waals surface area contributed by atoms with Gasteiger partial charge >= 0.3 is 6.01 Å². The van der Waals surface area contributed by atoms with Crippen LogP contribution in [0, 0.1) is 13.8 Å². The fourth-order valence-electron chi connectivity index (χ4n) is 4.02. The SMILES string of the molecule is C=C(C)C(=O)Nc1ccc(-c2sc3c(Br)cnc(N)c3c2-c2ccc(Oc3nccc(C)n3)cc2)cc1C. The molecule has 9 heteroatoms. The van der Waals surface area contributed by atoms with E-state index in [1.165, 1.54) is 0 Å². The first kappa shape index (κ1) is 25.6. The number of hydrogen-bond donors (Lipinski definition) is 2. The van der Waals surface area contributed by atoms with Gasteiger partial charge in [-0.1, -0.05) is 24.8 Å². The number of hydrogen-bond acceptors (Lipinski definition) is 7. The van der Waals surface area contributed by atoms with Gasteiger partial charge in [0.1, 0.15) is 11.6 Å². The molecule has 0 saturated carbocycles. The second kappa shape index (κ2) is 10.4. The number of fused-ring (bicyclic) bond motifs is 1. The van der Waals surface area contributed by atoms with E-state index in [9.17, 15) is 4.79 Å². The molecule has 0 fully saturated rings. The zero-order valence-corrected chi connectivity index (χ0v) is 23.4. The molecule has 0 spiro atoms. The number of pyridine rings is 1. The van der Waals surface area contributed by atoms with Crippen molar-refractivity contribution in [1.29, 1.82) is 0 Å². The van der Waals surface area contributed by atoms with Crippen LogP contribution in [0.5, 0.6) is 11.8 Å². The van der Waals surface area contributed by atoms with Crippen LogP contribution in [-0.4, -0.2) is 20.9 Å². The number of thiophene rings is 1. The lowest BCUT2D eigenvalue weighted by Gasteiger charge is -2.12. The van der Waals surface area contributed by atoms with Crippen molar-refractivity contribution in [3.63, 3.8) is 0 Å². The summed E-state index contributed by atoms with van der Waals surface area (Å²) in [5, 5.41) is 3.79. The number of ether oxygens (including phenoxy) is 1. The lowest BCUT2D eigenvalue weighted by atomic mass is 9.98. The third-order valence-corrected chi connectivity index (χ3v) is 8.08. The Kier molecular flexibility index (Phi) is 6.96. The van der Waals surface area contributed by atoms with Gasteiger partial charge in [0.25, 0.3) is 5.91 Å². The Hall–Kier alpha value is -4.08. The van der Waals surface area contributed by atoms with E-state index >= 15 is 0 Å². The number of halogens is 1. The molecular weight excluding hydrogens is 562 g/mol. The molecule has 0 aliphatic rings. The van der Waals surface area contributed by atoms with Gasteiger partial charge in [-0.2, -0.15) is 0 Å². The van der Waals surface area contributed by atoms with Crippen LogP contribution in [0.15, 0.2) is 77.5 Å². The molecule has 0 aliphatic carbocycles. The summed E-state index contributed by atoms with van der Waals surface area (Å²) in [5.41, 5.74) is 12.3. The van der Waals surface area contributed by atoms with Gasteiger partial charge in [-0.15, -0.1) is 11.3 Å². The summed E-state index contributed by atoms with van der Waals surface area (Å²) in [6.45, 7) is 9.26. The summed E-state index contributed by atoms with van der Waals surface area (Å²) < 4.78 is 7.73. The number of benzene rings is 2. The molecule has 7 nitrogen and oxygen atoms in total. The molecule has 3 aromatic heterocycles. The highest BCUT2D eigenvalue weighted by molar-refractivity contribution is 9.10. The molecular formula is C29H24BrN5O2S. The minimum Gasteiger partial charge on any atom is -0.424 e.